The summed E-state index contributed by atoms with van der Waals surface area (Å²) in [4.78, 5) is 23.7. The average Bonchev–Trinajstić information content (AvgIpc) is 2.54. The molecule has 1 aliphatic rings. The number of nitrogens with one attached hydrogen (secondary N) is 1. The lowest BCUT2D eigenvalue weighted by Gasteiger charge is -2.29. The molecule has 0 bridgehead atoms. The number of carbonyl (C=O) groups is 2. The average molecular weight is 345 g/mol. The van der Waals surface area contributed by atoms with Gasteiger partial charge in [-0.25, -0.2) is 9.59 Å². The standard InChI is InChI=1S/C19H23NO5/c1-4-5-10-25-14-9-7-6-8-13(14)17-15(18(21)22)11(2)20-12(3)16(17)19(23)24/h6-9,17,20H,4-5,10H2,1-3H3,(H,21,22)(H,23,24). The van der Waals surface area contributed by atoms with Crippen LogP contribution in [-0.4, -0.2) is 28.8 Å². The molecule has 0 saturated heterocycles. The van der Waals surface area contributed by atoms with Crippen molar-refractivity contribution in [2.24, 2.45) is 0 Å². The zero-order valence-corrected chi connectivity index (χ0v) is 14.6. The number of hydrogen-bond donors (Lipinski definition) is 3. The summed E-state index contributed by atoms with van der Waals surface area (Å²) in [7, 11) is 0. The van der Waals surface area contributed by atoms with Crippen LogP contribution in [0.25, 0.3) is 0 Å². The molecule has 0 radical (unpaired) electrons. The van der Waals surface area contributed by atoms with Crippen molar-refractivity contribution in [3.63, 3.8) is 0 Å². The van der Waals surface area contributed by atoms with Gasteiger partial charge in [0, 0.05) is 17.0 Å². The summed E-state index contributed by atoms with van der Waals surface area (Å²) in [5.41, 5.74) is 1.46. The van der Waals surface area contributed by atoms with Crippen molar-refractivity contribution in [3.05, 3.63) is 52.4 Å². The molecule has 1 aromatic rings. The zero-order chi connectivity index (χ0) is 18.6. The van der Waals surface area contributed by atoms with Gasteiger partial charge in [-0.2, -0.15) is 0 Å². The fraction of sp³-hybridized carbons (Fsp3) is 0.368. The van der Waals surface area contributed by atoms with Gasteiger partial charge in [0.25, 0.3) is 0 Å². The molecule has 0 aromatic heterocycles. The first-order chi connectivity index (χ1) is 11.9. The quantitative estimate of drug-likeness (QED) is 0.657. The van der Waals surface area contributed by atoms with E-state index in [2.05, 4.69) is 5.32 Å². The van der Waals surface area contributed by atoms with E-state index in [0.29, 0.717) is 29.3 Å². The summed E-state index contributed by atoms with van der Waals surface area (Å²) in [6.45, 7) is 5.82. The van der Waals surface area contributed by atoms with E-state index in [1.165, 1.54) is 0 Å². The van der Waals surface area contributed by atoms with Crippen molar-refractivity contribution in [3.8, 4) is 5.75 Å². The maximum absolute atomic E-state index is 11.8. The van der Waals surface area contributed by atoms with Crippen molar-refractivity contribution in [1.82, 2.24) is 5.32 Å². The van der Waals surface area contributed by atoms with Crippen LogP contribution in [0.4, 0.5) is 0 Å². The minimum atomic E-state index is -1.15. The van der Waals surface area contributed by atoms with Crippen molar-refractivity contribution >= 4 is 11.9 Å². The SMILES string of the molecule is CCCCOc1ccccc1C1C(C(=O)O)=C(C)NC(C)=C1C(=O)O. The lowest BCUT2D eigenvalue weighted by Crippen LogP contribution is -2.31. The Balaban J connectivity index is 2.60. The highest BCUT2D eigenvalue weighted by Gasteiger charge is 2.37. The first-order valence-corrected chi connectivity index (χ1v) is 8.25. The molecule has 1 heterocycles. The largest absolute Gasteiger partial charge is 0.493 e. The second-order valence-electron chi connectivity index (χ2n) is 5.99. The highest BCUT2D eigenvalue weighted by molar-refractivity contribution is 5.98. The van der Waals surface area contributed by atoms with Crippen LogP contribution in [-0.2, 0) is 9.59 Å². The second kappa shape index (κ2) is 7.88. The van der Waals surface area contributed by atoms with Gasteiger partial charge in [-0.1, -0.05) is 31.5 Å². The molecule has 0 unspecified atom stereocenters. The van der Waals surface area contributed by atoms with E-state index < -0.39 is 17.9 Å². The van der Waals surface area contributed by atoms with Crippen LogP contribution in [0.3, 0.4) is 0 Å². The minimum absolute atomic E-state index is 0.0227. The molecule has 6 heteroatoms. The van der Waals surface area contributed by atoms with E-state index in [1.807, 2.05) is 6.92 Å². The number of hydrogen-bond acceptors (Lipinski definition) is 4. The van der Waals surface area contributed by atoms with Crippen molar-refractivity contribution < 1.29 is 24.5 Å². The predicted molar refractivity (Wildman–Crippen MR) is 93.4 cm³/mol. The molecule has 0 aliphatic carbocycles. The smallest absolute Gasteiger partial charge is 0.334 e. The van der Waals surface area contributed by atoms with Crippen molar-refractivity contribution in [2.45, 2.75) is 39.5 Å². The Kier molecular flexibility index (Phi) is 5.85. The van der Waals surface area contributed by atoms with Gasteiger partial charge in [-0.15, -0.1) is 0 Å². The lowest BCUT2D eigenvalue weighted by molar-refractivity contribution is -0.133. The topological polar surface area (TPSA) is 95.9 Å². The van der Waals surface area contributed by atoms with Crippen LogP contribution in [0.15, 0.2) is 46.8 Å². The van der Waals surface area contributed by atoms with Crippen LogP contribution in [0.1, 0.15) is 45.1 Å². The van der Waals surface area contributed by atoms with Crippen LogP contribution < -0.4 is 10.1 Å². The van der Waals surface area contributed by atoms with Gasteiger partial charge in [-0.3, -0.25) is 0 Å². The van der Waals surface area contributed by atoms with Crippen molar-refractivity contribution in [1.29, 1.82) is 0 Å². The van der Waals surface area contributed by atoms with Gasteiger partial charge in [0.15, 0.2) is 0 Å². The number of dihydropyridines is 1. The van der Waals surface area contributed by atoms with Gasteiger partial charge in [0.05, 0.1) is 23.7 Å². The Morgan fingerprint density at radius 1 is 1.08 bits per heavy atom. The number of ether oxygens (including phenoxy) is 1. The number of unbranched alkanes of at least 4 members (excludes halogenated alkanes) is 1. The first kappa shape index (κ1) is 18.6. The van der Waals surface area contributed by atoms with Crippen LogP contribution in [0.5, 0.6) is 5.75 Å². The predicted octanol–water partition coefficient (Wildman–Crippen LogP) is 3.27. The number of carboxylic acids is 2. The molecule has 0 saturated carbocycles. The molecule has 2 rings (SSSR count). The molecule has 25 heavy (non-hydrogen) atoms. The highest BCUT2D eigenvalue weighted by atomic mass is 16.5. The Bertz CT molecular complexity index is 712. The summed E-state index contributed by atoms with van der Waals surface area (Å²) in [5, 5.41) is 22.2. The summed E-state index contributed by atoms with van der Waals surface area (Å²) in [6, 6.07) is 7.02. The van der Waals surface area contributed by atoms with Gasteiger partial charge in [-0.05, 0) is 26.3 Å². The number of benzene rings is 1. The van der Waals surface area contributed by atoms with Crippen LogP contribution >= 0.6 is 0 Å². The highest BCUT2D eigenvalue weighted by Crippen LogP contribution is 2.41. The lowest BCUT2D eigenvalue weighted by atomic mass is 9.80. The van der Waals surface area contributed by atoms with Gasteiger partial charge in [0.1, 0.15) is 5.75 Å². The zero-order valence-electron chi connectivity index (χ0n) is 14.6. The van der Waals surface area contributed by atoms with Gasteiger partial charge < -0.3 is 20.3 Å². The fourth-order valence-corrected chi connectivity index (χ4v) is 3.05. The summed E-state index contributed by atoms with van der Waals surface area (Å²) in [5.74, 6) is -2.68. The maximum Gasteiger partial charge on any atom is 0.334 e. The molecule has 3 N–H and O–H groups in total. The second-order valence-corrected chi connectivity index (χ2v) is 5.99. The third-order valence-corrected chi connectivity index (χ3v) is 4.21. The normalized spacial score (nSPS) is 15.2. The summed E-state index contributed by atoms with van der Waals surface area (Å²) >= 11 is 0. The van der Waals surface area contributed by atoms with E-state index in [9.17, 15) is 19.8 Å². The monoisotopic (exact) mass is 345 g/mol. The molecule has 0 fully saturated rings. The molecule has 1 aromatic carbocycles. The van der Waals surface area contributed by atoms with Crippen LogP contribution in [0, 0.1) is 0 Å². The Morgan fingerprint density at radius 3 is 2.16 bits per heavy atom. The Hall–Kier alpha value is -2.76. The Labute approximate surface area is 146 Å². The summed E-state index contributed by atoms with van der Waals surface area (Å²) in [6.07, 6.45) is 1.83. The number of aliphatic carboxylic acids is 2. The summed E-state index contributed by atoms with van der Waals surface area (Å²) < 4.78 is 5.81. The number of para-hydroxylation sites is 1. The van der Waals surface area contributed by atoms with E-state index in [-0.39, 0.29) is 11.1 Å². The molecule has 0 atom stereocenters. The molecule has 0 amide bonds. The molecule has 0 spiro atoms. The van der Waals surface area contributed by atoms with E-state index >= 15 is 0 Å². The number of allylic oxidation sites excluding steroid dienone is 2. The molecular formula is C19H23NO5. The van der Waals surface area contributed by atoms with E-state index in [1.54, 1.807) is 38.1 Å². The third-order valence-electron chi connectivity index (χ3n) is 4.21. The fourth-order valence-electron chi connectivity index (χ4n) is 3.05. The number of rotatable bonds is 7. The van der Waals surface area contributed by atoms with Crippen molar-refractivity contribution in [2.75, 3.05) is 6.61 Å². The number of carboxylic acid groups (broad SMARTS) is 2. The Morgan fingerprint density at radius 2 is 1.64 bits per heavy atom. The molecule has 1 aliphatic heterocycles. The minimum Gasteiger partial charge on any atom is -0.493 e. The molecule has 6 nitrogen and oxygen atoms in total. The van der Waals surface area contributed by atoms with E-state index in [0.717, 1.165) is 12.8 Å². The molecule has 134 valence electrons. The first-order valence-electron chi connectivity index (χ1n) is 8.25. The molecular weight excluding hydrogens is 322 g/mol. The maximum atomic E-state index is 11.8. The van der Waals surface area contributed by atoms with E-state index in [4.69, 9.17) is 4.74 Å². The van der Waals surface area contributed by atoms with Gasteiger partial charge >= 0.3 is 11.9 Å². The van der Waals surface area contributed by atoms with Crippen LogP contribution in [0.2, 0.25) is 0 Å². The van der Waals surface area contributed by atoms with Gasteiger partial charge in [0.2, 0.25) is 0 Å². The third kappa shape index (κ3) is 3.84.